The monoisotopic (exact) mass is 565 g/mol. The number of halogens is 2. The van der Waals surface area contributed by atoms with Crippen LogP contribution in [-0.2, 0) is 24.3 Å². The predicted octanol–water partition coefficient (Wildman–Crippen LogP) is 5.36. The van der Waals surface area contributed by atoms with Crippen LogP contribution in [0.15, 0.2) is 36.8 Å². The molecule has 212 valence electrons. The van der Waals surface area contributed by atoms with Gasteiger partial charge in [-0.05, 0) is 56.5 Å². The average Bonchev–Trinajstić information content (AvgIpc) is 3.50. The molecule has 0 saturated carbocycles. The van der Waals surface area contributed by atoms with Crippen molar-refractivity contribution in [3.8, 4) is 11.3 Å². The van der Waals surface area contributed by atoms with E-state index in [1.54, 1.807) is 12.3 Å². The molecule has 0 radical (unpaired) electrons. The number of carbonyl (C=O) groups excluding carboxylic acids is 1. The molecule has 10 heteroatoms. The predicted molar refractivity (Wildman–Crippen MR) is 155 cm³/mol. The van der Waals surface area contributed by atoms with Crippen LogP contribution in [0.3, 0.4) is 0 Å². The fraction of sp³-hybridized carbons (Fsp3) is 0.467. The van der Waals surface area contributed by atoms with Crippen molar-refractivity contribution in [3.05, 3.63) is 70.1 Å². The maximum Gasteiger partial charge on any atom is 0.228 e. The molecule has 0 spiro atoms. The number of fused-ring (bicyclic) bond motifs is 2. The van der Waals surface area contributed by atoms with Gasteiger partial charge in [-0.25, -0.2) is 8.91 Å². The SMILES string of the molecule is CC.Cc1c(-c2cc(CCC(C)c3ccc(F)cn3)c3c(Cl)cnn3c2)nn2c1CN(C(=O)C1CN(C)C1)CC2. The van der Waals surface area contributed by atoms with Gasteiger partial charge in [-0.1, -0.05) is 32.4 Å². The van der Waals surface area contributed by atoms with E-state index in [0.29, 0.717) is 24.7 Å². The summed E-state index contributed by atoms with van der Waals surface area (Å²) in [5.41, 5.74) is 6.87. The Morgan fingerprint density at radius 2 is 1.98 bits per heavy atom. The van der Waals surface area contributed by atoms with E-state index in [1.807, 2.05) is 41.2 Å². The second-order valence-electron chi connectivity index (χ2n) is 10.7. The van der Waals surface area contributed by atoms with E-state index in [2.05, 4.69) is 34.9 Å². The Balaban J connectivity index is 0.00000158. The number of aromatic nitrogens is 5. The molecule has 8 nitrogen and oxygen atoms in total. The number of hydrogen-bond acceptors (Lipinski definition) is 5. The second kappa shape index (κ2) is 11.7. The van der Waals surface area contributed by atoms with Gasteiger partial charge in [0.15, 0.2) is 0 Å². The van der Waals surface area contributed by atoms with Crippen LogP contribution >= 0.6 is 11.6 Å². The highest BCUT2D eigenvalue weighted by Gasteiger charge is 2.35. The molecule has 1 amide bonds. The minimum Gasteiger partial charge on any atom is -0.335 e. The molecule has 2 aliphatic rings. The number of aryl methyl sites for hydroxylation is 1. The van der Waals surface area contributed by atoms with Crippen molar-refractivity contribution >= 4 is 23.0 Å². The van der Waals surface area contributed by atoms with Gasteiger partial charge in [0.2, 0.25) is 5.91 Å². The van der Waals surface area contributed by atoms with E-state index >= 15 is 0 Å². The number of rotatable bonds is 6. The molecule has 1 unspecified atom stereocenters. The highest BCUT2D eigenvalue weighted by Crippen LogP contribution is 2.33. The molecular weight excluding hydrogens is 529 g/mol. The van der Waals surface area contributed by atoms with Crippen LogP contribution in [-0.4, -0.2) is 66.8 Å². The van der Waals surface area contributed by atoms with E-state index in [9.17, 15) is 9.18 Å². The maximum absolute atomic E-state index is 13.3. The minimum absolute atomic E-state index is 0.108. The third-order valence-corrected chi connectivity index (χ3v) is 8.27. The van der Waals surface area contributed by atoms with E-state index in [1.165, 1.54) is 12.3 Å². The molecule has 40 heavy (non-hydrogen) atoms. The van der Waals surface area contributed by atoms with Crippen LogP contribution in [0.5, 0.6) is 0 Å². The van der Waals surface area contributed by atoms with Gasteiger partial charge in [-0.2, -0.15) is 10.2 Å². The smallest absolute Gasteiger partial charge is 0.228 e. The molecule has 4 aromatic rings. The highest BCUT2D eigenvalue weighted by atomic mass is 35.5. The van der Waals surface area contributed by atoms with E-state index in [4.69, 9.17) is 16.7 Å². The number of likely N-dealkylation sites (tertiary alicyclic amines) is 1. The zero-order valence-electron chi connectivity index (χ0n) is 23.9. The summed E-state index contributed by atoms with van der Waals surface area (Å²) in [6.45, 7) is 11.8. The fourth-order valence-corrected chi connectivity index (χ4v) is 5.96. The summed E-state index contributed by atoms with van der Waals surface area (Å²) in [5, 5.41) is 10.1. The quantitative estimate of drug-likeness (QED) is 0.315. The maximum atomic E-state index is 13.3. The van der Waals surface area contributed by atoms with Crippen molar-refractivity contribution in [1.29, 1.82) is 0 Å². The van der Waals surface area contributed by atoms with Gasteiger partial charge < -0.3 is 9.80 Å². The van der Waals surface area contributed by atoms with Crippen LogP contribution in [0, 0.1) is 18.7 Å². The van der Waals surface area contributed by atoms with Gasteiger partial charge in [0, 0.05) is 42.7 Å². The molecule has 0 N–H and O–H groups in total. The van der Waals surface area contributed by atoms with Crippen LogP contribution in [0.25, 0.3) is 16.8 Å². The zero-order valence-corrected chi connectivity index (χ0v) is 24.6. The molecule has 2 aliphatic heterocycles. The molecule has 4 aromatic heterocycles. The van der Waals surface area contributed by atoms with Crippen molar-refractivity contribution in [2.45, 2.75) is 59.5 Å². The first kappa shape index (κ1) is 28.2. The number of hydrogen-bond donors (Lipinski definition) is 0. The van der Waals surface area contributed by atoms with Gasteiger partial charge >= 0.3 is 0 Å². The third kappa shape index (κ3) is 5.37. The second-order valence-corrected chi connectivity index (χ2v) is 11.1. The average molecular weight is 566 g/mol. The first-order valence-electron chi connectivity index (χ1n) is 14.1. The van der Waals surface area contributed by atoms with Crippen molar-refractivity contribution in [1.82, 2.24) is 34.2 Å². The third-order valence-electron chi connectivity index (χ3n) is 7.99. The molecule has 1 atom stereocenters. The summed E-state index contributed by atoms with van der Waals surface area (Å²) >= 11 is 6.54. The molecule has 6 rings (SSSR count). The lowest BCUT2D eigenvalue weighted by molar-refractivity contribution is -0.142. The molecule has 0 aliphatic carbocycles. The van der Waals surface area contributed by atoms with Crippen molar-refractivity contribution in [3.63, 3.8) is 0 Å². The Hall–Kier alpha value is -3.30. The van der Waals surface area contributed by atoms with Crippen molar-refractivity contribution < 1.29 is 9.18 Å². The Bertz CT molecular complexity index is 1510. The van der Waals surface area contributed by atoms with E-state index < -0.39 is 0 Å². The van der Waals surface area contributed by atoms with E-state index in [0.717, 1.165) is 65.2 Å². The first-order valence-corrected chi connectivity index (χ1v) is 14.5. The Morgan fingerprint density at radius 3 is 2.67 bits per heavy atom. The Morgan fingerprint density at radius 1 is 1.20 bits per heavy atom. The number of amides is 1. The van der Waals surface area contributed by atoms with Crippen molar-refractivity contribution in [2.24, 2.45) is 5.92 Å². The zero-order chi connectivity index (χ0) is 28.6. The topological polar surface area (TPSA) is 71.6 Å². The summed E-state index contributed by atoms with van der Waals surface area (Å²) in [4.78, 5) is 21.4. The molecule has 0 aromatic carbocycles. The number of carbonyl (C=O) groups is 1. The van der Waals surface area contributed by atoms with Gasteiger partial charge in [-0.3, -0.25) is 14.5 Å². The van der Waals surface area contributed by atoms with Gasteiger partial charge in [-0.15, -0.1) is 0 Å². The normalized spacial score (nSPS) is 16.3. The largest absolute Gasteiger partial charge is 0.335 e. The van der Waals surface area contributed by atoms with Gasteiger partial charge in [0.1, 0.15) is 5.82 Å². The molecule has 0 bridgehead atoms. The first-order chi connectivity index (χ1) is 19.3. The van der Waals surface area contributed by atoms with Crippen LogP contribution < -0.4 is 0 Å². The van der Waals surface area contributed by atoms with Crippen LogP contribution in [0.4, 0.5) is 4.39 Å². The summed E-state index contributed by atoms with van der Waals surface area (Å²) in [6.07, 6.45) is 6.49. The Labute approximate surface area is 239 Å². The summed E-state index contributed by atoms with van der Waals surface area (Å²) in [7, 11) is 2.05. The highest BCUT2D eigenvalue weighted by molar-refractivity contribution is 6.34. The van der Waals surface area contributed by atoms with Crippen LogP contribution in [0.2, 0.25) is 5.02 Å². The standard InChI is InChI=1S/C28H31ClFN7O.C2H6/c1-17(24-7-6-22(30)11-31-24)4-5-19-10-20(15-37-27(19)23(29)12-32-37)26-18(2)25-16-35(8-9-36(25)33-26)28(38)21-13-34(3)14-21;1-2/h6-7,10-12,15,17,21H,4-5,8-9,13-14,16H2,1-3H3;1-2H3. The minimum atomic E-state index is -0.331. The molecule has 1 fully saturated rings. The molecule has 6 heterocycles. The van der Waals surface area contributed by atoms with Crippen LogP contribution in [0.1, 0.15) is 55.6 Å². The van der Waals surface area contributed by atoms with Gasteiger partial charge in [0.05, 0.1) is 53.3 Å². The Kier molecular flexibility index (Phi) is 8.24. The van der Waals surface area contributed by atoms with E-state index in [-0.39, 0.29) is 23.6 Å². The summed E-state index contributed by atoms with van der Waals surface area (Å²) < 4.78 is 17.2. The van der Waals surface area contributed by atoms with Crippen molar-refractivity contribution in [2.75, 3.05) is 26.7 Å². The van der Waals surface area contributed by atoms with Gasteiger partial charge in [0.25, 0.3) is 0 Å². The lowest BCUT2D eigenvalue weighted by atomic mass is 9.96. The lowest BCUT2D eigenvalue weighted by Crippen LogP contribution is -2.53. The summed E-state index contributed by atoms with van der Waals surface area (Å²) in [6, 6.07) is 5.35. The lowest BCUT2D eigenvalue weighted by Gasteiger charge is -2.39. The molecular formula is C30H37ClFN7O. The summed E-state index contributed by atoms with van der Waals surface area (Å²) in [5.74, 6) is 0.178. The number of pyridine rings is 2. The number of nitrogens with zero attached hydrogens (tertiary/aromatic N) is 7. The fourth-order valence-electron chi connectivity index (χ4n) is 5.71. The molecule has 1 saturated heterocycles.